The monoisotopic (exact) mass is 427 g/mol. The minimum absolute atomic E-state index is 0.147. The third-order valence-corrected chi connectivity index (χ3v) is 7.27. The van der Waals surface area contributed by atoms with Gasteiger partial charge in [-0.1, -0.05) is 18.6 Å². The van der Waals surface area contributed by atoms with Crippen LogP contribution in [0, 0.1) is 5.92 Å². The SMILES string of the molecule is COc1cccc(CC(=O)N2CCCC(N(CCN3CCCC3)C(=O)C3CCC3)C2)c1. The molecule has 1 aromatic rings. The van der Waals surface area contributed by atoms with Crippen molar-refractivity contribution in [2.75, 3.05) is 46.4 Å². The summed E-state index contributed by atoms with van der Waals surface area (Å²) in [6.07, 6.45) is 8.13. The Morgan fingerprint density at radius 2 is 1.87 bits per heavy atom. The van der Waals surface area contributed by atoms with Crippen molar-refractivity contribution in [2.24, 2.45) is 5.92 Å². The van der Waals surface area contributed by atoms with Gasteiger partial charge in [0.25, 0.3) is 0 Å². The van der Waals surface area contributed by atoms with Gasteiger partial charge >= 0.3 is 0 Å². The Morgan fingerprint density at radius 1 is 1.06 bits per heavy atom. The van der Waals surface area contributed by atoms with Crippen LogP contribution in [0.25, 0.3) is 0 Å². The van der Waals surface area contributed by atoms with Crippen molar-refractivity contribution in [1.82, 2.24) is 14.7 Å². The molecule has 0 bridgehead atoms. The van der Waals surface area contributed by atoms with Crippen LogP contribution < -0.4 is 4.74 Å². The summed E-state index contributed by atoms with van der Waals surface area (Å²) in [5, 5.41) is 0. The van der Waals surface area contributed by atoms with Crippen LogP contribution in [0.15, 0.2) is 24.3 Å². The number of benzene rings is 1. The number of amides is 2. The molecule has 0 spiro atoms. The smallest absolute Gasteiger partial charge is 0.227 e. The number of methoxy groups -OCH3 is 1. The highest BCUT2D eigenvalue weighted by atomic mass is 16.5. The van der Waals surface area contributed by atoms with Gasteiger partial charge < -0.3 is 19.4 Å². The van der Waals surface area contributed by atoms with Crippen LogP contribution in [-0.4, -0.2) is 78.9 Å². The molecule has 2 heterocycles. The van der Waals surface area contributed by atoms with E-state index in [0.29, 0.717) is 18.9 Å². The first kappa shape index (κ1) is 22.1. The highest BCUT2D eigenvalue weighted by Gasteiger charge is 2.36. The van der Waals surface area contributed by atoms with Gasteiger partial charge in [-0.05, 0) is 69.3 Å². The second-order valence-electron chi connectivity index (χ2n) is 9.37. The molecule has 1 aromatic carbocycles. The van der Waals surface area contributed by atoms with Crippen LogP contribution in [0.4, 0.5) is 0 Å². The second-order valence-corrected chi connectivity index (χ2v) is 9.37. The molecule has 2 amide bonds. The van der Waals surface area contributed by atoms with E-state index in [4.69, 9.17) is 4.74 Å². The summed E-state index contributed by atoms with van der Waals surface area (Å²) in [5.74, 6) is 1.47. The van der Waals surface area contributed by atoms with E-state index in [9.17, 15) is 9.59 Å². The van der Waals surface area contributed by atoms with E-state index in [1.54, 1.807) is 7.11 Å². The molecular weight excluding hydrogens is 390 g/mol. The van der Waals surface area contributed by atoms with E-state index in [-0.39, 0.29) is 17.9 Å². The number of piperidine rings is 1. The number of hydrogen-bond acceptors (Lipinski definition) is 4. The van der Waals surface area contributed by atoms with E-state index >= 15 is 0 Å². The quantitative estimate of drug-likeness (QED) is 0.640. The molecule has 0 N–H and O–H groups in total. The van der Waals surface area contributed by atoms with Crippen LogP contribution in [0.2, 0.25) is 0 Å². The zero-order chi connectivity index (χ0) is 21.6. The fourth-order valence-electron chi connectivity index (χ4n) is 5.12. The Bertz CT molecular complexity index is 758. The Hall–Kier alpha value is -2.08. The van der Waals surface area contributed by atoms with E-state index in [1.165, 1.54) is 19.3 Å². The van der Waals surface area contributed by atoms with Gasteiger partial charge in [-0.15, -0.1) is 0 Å². The highest BCUT2D eigenvalue weighted by molar-refractivity contribution is 5.81. The number of hydrogen-bond donors (Lipinski definition) is 0. The molecule has 1 saturated carbocycles. The number of carbonyl (C=O) groups is 2. The van der Waals surface area contributed by atoms with Gasteiger partial charge in [0.1, 0.15) is 5.75 Å². The summed E-state index contributed by atoms with van der Waals surface area (Å²) in [6.45, 7) is 5.53. The summed E-state index contributed by atoms with van der Waals surface area (Å²) in [4.78, 5) is 32.9. The predicted octanol–water partition coefficient (Wildman–Crippen LogP) is 2.95. The molecule has 6 heteroatoms. The number of rotatable bonds is 8. The van der Waals surface area contributed by atoms with Gasteiger partial charge in [0, 0.05) is 38.1 Å². The first-order valence-corrected chi connectivity index (χ1v) is 12.1. The summed E-state index contributed by atoms with van der Waals surface area (Å²) >= 11 is 0. The summed E-state index contributed by atoms with van der Waals surface area (Å²) in [7, 11) is 1.64. The Balaban J connectivity index is 1.39. The Labute approximate surface area is 186 Å². The molecule has 170 valence electrons. The van der Waals surface area contributed by atoms with Crippen molar-refractivity contribution in [3.8, 4) is 5.75 Å². The van der Waals surface area contributed by atoms with Crippen LogP contribution in [-0.2, 0) is 16.0 Å². The number of nitrogens with zero attached hydrogens (tertiary/aromatic N) is 3. The third-order valence-electron chi connectivity index (χ3n) is 7.27. The molecule has 2 aliphatic heterocycles. The molecule has 2 saturated heterocycles. The third kappa shape index (κ3) is 5.59. The molecule has 3 fully saturated rings. The summed E-state index contributed by atoms with van der Waals surface area (Å²) < 4.78 is 5.29. The van der Waals surface area contributed by atoms with Gasteiger partial charge in [0.2, 0.25) is 11.8 Å². The van der Waals surface area contributed by atoms with Crippen molar-refractivity contribution >= 4 is 11.8 Å². The zero-order valence-corrected chi connectivity index (χ0v) is 18.9. The molecule has 3 aliphatic rings. The van der Waals surface area contributed by atoms with Crippen LogP contribution in [0.5, 0.6) is 5.75 Å². The topological polar surface area (TPSA) is 53.1 Å². The van der Waals surface area contributed by atoms with Crippen molar-refractivity contribution in [3.05, 3.63) is 29.8 Å². The standard InChI is InChI=1S/C25H37N3O3/c1-31-23-11-4-7-20(17-23)18-24(29)27-14-6-10-22(19-27)28(25(30)21-8-5-9-21)16-15-26-12-2-3-13-26/h4,7,11,17,21-22H,2-3,5-6,8-10,12-16,18-19H2,1H3. The lowest BCUT2D eigenvalue weighted by atomic mass is 9.83. The van der Waals surface area contributed by atoms with E-state index < -0.39 is 0 Å². The number of ether oxygens (including phenoxy) is 1. The first-order valence-electron chi connectivity index (χ1n) is 12.1. The number of carbonyl (C=O) groups excluding carboxylic acids is 2. The molecule has 4 rings (SSSR count). The Kier molecular flexibility index (Phi) is 7.49. The average molecular weight is 428 g/mol. The largest absolute Gasteiger partial charge is 0.497 e. The molecule has 1 aliphatic carbocycles. The van der Waals surface area contributed by atoms with Crippen LogP contribution in [0.3, 0.4) is 0 Å². The fraction of sp³-hybridized carbons (Fsp3) is 0.680. The van der Waals surface area contributed by atoms with Crippen molar-refractivity contribution in [1.29, 1.82) is 0 Å². The lowest BCUT2D eigenvalue weighted by Crippen LogP contribution is -2.55. The highest BCUT2D eigenvalue weighted by Crippen LogP contribution is 2.30. The lowest BCUT2D eigenvalue weighted by molar-refractivity contribution is -0.144. The number of likely N-dealkylation sites (tertiary alicyclic amines) is 2. The second kappa shape index (κ2) is 10.5. The van der Waals surface area contributed by atoms with E-state index in [2.05, 4.69) is 9.80 Å². The van der Waals surface area contributed by atoms with Crippen LogP contribution in [0.1, 0.15) is 50.5 Å². The molecule has 31 heavy (non-hydrogen) atoms. The van der Waals surface area contributed by atoms with E-state index in [1.807, 2.05) is 29.2 Å². The molecule has 0 radical (unpaired) electrons. The fourth-order valence-corrected chi connectivity index (χ4v) is 5.12. The van der Waals surface area contributed by atoms with Crippen molar-refractivity contribution < 1.29 is 14.3 Å². The minimum Gasteiger partial charge on any atom is -0.497 e. The Morgan fingerprint density at radius 3 is 2.58 bits per heavy atom. The summed E-state index contributed by atoms with van der Waals surface area (Å²) in [5.41, 5.74) is 0.975. The van der Waals surface area contributed by atoms with Crippen molar-refractivity contribution in [2.45, 2.75) is 57.4 Å². The maximum atomic E-state index is 13.3. The average Bonchev–Trinajstić information content (AvgIpc) is 3.26. The van der Waals surface area contributed by atoms with Gasteiger partial charge in [-0.3, -0.25) is 9.59 Å². The lowest BCUT2D eigenvalue weighted by Gasteiger charge is -2.42. The summed E-state index contributed by atoms with van der Waals surface area (Å²) in [6, 6.07) is 7.89. The predicted molar refractivity (Wildman–Crippen MR) is 121 cm³/mol. The molecule has 0 aromatic heterocycles. The first-order chi connectivity index (χ1) is 15.1. The maximum Gasteiger partial charge on any atom is 0.227 e. The zero-order valence-electron chi connectivity index (χ0n) is 18.9. The van der Waals surface area contributed by atoms with Gasteiger partial charge in [-0.25, -0.2) is 0 Å². The van der Waals surface area contributed by atoms with Crippen molar-refractivity contribution in [3.63, 3.8) is 0 Å². The minimum atomic E-state index is 0.147. The van der Waals surface area contributed by atoms with Gasteiger partial charge in [0.05, 0.1) is 13.5 Å². The molecular formula is C25H37N3O3. The molecule has 1 unspecified atom stereocenters. The molecule has 6 nitrogen and oxygen atoms in total. The van der Waals surface area contributed by atoms with Gasteiger partial charge in [0.15, 0.2) is 0 Å². The molecule has 1 atom stereocenters. The normalized spacial score (nSPS) is 22.2. The van der Waals surface area contributed by atoms with Gasteiger partial charge in [-0.2, -0.15) is 0 Å². The maximum absolute atomic E-state index is 13.3. The van der Waals surface area contributed by atoms with Crippen LogP contribution >= 0.6 is 0 Å². The van der Waals surface area contributed by atoms with E-state index in [0.717, 1.165) is 69.7 Å².